The minimum absolute atomic E-state index is 0.160. The molecule has 0 saturated carbocycles. The van der Waals surface area contributed by atoms with Gasteiger partial charge in [0.05, 0.1) is 11.9 Å². The number of hydrogen-bond acceptors (Lipinski definition) is 4. The van der Waals surface area contributed by atoms with Crippen LogP contribution in [0.5, 0.6) is 0 Å². The number of benzene rings is 1. The highest BCUT2D eigenvalue weighted by molar-refractivity contribution is 6.04. The number of aryl methyl sites for hydroxylation is 1. The number of carbonyl (C=O) groups is 1. The van der Waals surface area contributed by atoms with Gasteiger partial charge >= 0.3 is 0 Å². The maximum absolute atomic E-state index is 12.2. The fourth-order valence-electron chi connectivity index (χ4n) is 1.66. The maximum atomic E-state index is 12.2. The second-order valence-electron chi connectivity index (χ2n) is 4.28. The standard InChI is InChI=1S/C14H16N4O/c1-10-3-6-12(7-4-10)18(2)14(19)13-8-5-11(17-15)9-16-13/h3-9,17H,15H2,1-2H3. The third-order valence-corrected chi connectivity index (χ3v) is 2.88. The van der Waals surface area contributed by atoms with Crippen molar-refractivity contribution < 1.29 is 4.79 Å². The molecule has 98 valence electrons. The van der Waals surface area contributed by atoms with Crippen molar-refractivity contribution in [1.29, 1.82) is 0 Å². The number of nitrogens with two attached hydrogens (primary N) is 1. The molecule has 0 atom stereocenters. The van der Waals surface area contributed by atoms with Crippen molar-refractivity contribution in [2.45, 2.75) is 6.92 Å². The molecule has 2 rings (SSSR count). The maximum Gasteiger partial charge on any atom is 0.276 e. The topological polar surface area (TPSA) is 71.2 Å². The average Bonchev–Trinajstić information content (AvgIpc) is 2.46. The molecule has 1 amide bonds. The molecule has 3 N–H and O–H groups in total. The Morgan fingerprint density at radius 2 is 1.89 bits per heavy atom. The van der Waals surface area contributed by atoms with E-state index in [4.69, 9.17) is 5.84 Å². The zero-order chi connectivity index (χ0) is 13.8. The normalized spacial score (nSPS) is 10.1. The van der Waals surface area contributed by atoms with Gasteiger partial charge in [0.15, 0.2) is 0 Å². The number of nitrogens with zero attached hydrogens (tertiary/aromatic N) is 2. The second kappa shape index (κ2) is 5.49. The van der Waals surface area contributed by atoms with Crippen LogP contribution in [-0.4, -0.2) is 17.9 Å². The number of amides is 1. The summed E-state index contributed by atoms with van der Waals surface area (Å²) in [6.45, 7) is 2.01. The van der Waals surface area contributed by atoms with Crippen molar-refractivity contribution in [1.82, 2.24) is 4.98 Å². The quantitative estimate of drug-likeness (QED) is 0.650. The summed E-state index contributed by atoms with van der Waals surface area (Å²) >= 11 is 0. The molecule has 0 spiro atoms. The van der Waals surface area contributed by atoms with Gasteiger partial charge in [-0.05, 0) is 31.2 Å². The summed E-state index contributed by atoms with van der Waals surface area (Å²) in [5.41, 5.74) is 5.50. The summed E-state index contributed by atoms with van der Waals surface area (Å²) in [7, 11) is 1.73. The third-order valence-electron chi connectivity index (χ3n) is 2.88. The van der Waals surface area contributed by atoms with Crippen molar-refractivity contribution in [3.63, 3.8) is 0 Å². The molecule has 1 heterocycles. The molecule has 2 aromatic rings. The number of nitrogens with one attached hydrogen (secondary N) is 1. The van der Waals surface area contributed by atoms with Crippen LogP contribution in [0, 0.1) is 6.92 Å². The van der Waals surface area contributed by atoms with E-state index < -0.39 is 0 Å². The molecule has 0 bridgehead atoms. The van der Waals surface area contributed by atoms with E-state index in [1.807, 2.05) is 31.2 Å². The van der Waals surface area contributed by atoms with Crippen LogP contribution in [0.2, 0.25) is 0 Å². The monoisotopic (exact) mass is 256 g/mol. The lowest BCUT2D eigenvalue weighted by Gasteiger charge is -2.17. The predicted octanol–water partition coefficient (Wildman–Crippen LogP) is 1.95. The fraction of sp³-hybridized carbons (Fsp3) is 0.143. The van der Waals surface area contributed by atoms with Crippen molar-refractivity contribution in [2.24, 2.45) is 5.84 Å². The predicted molar refractivity (Wildman–Crippen MR) is 76.0 cm³/mol. The zero-order valence-electron chi connectivity index (χ0n) is 10.9. The molecule has 0 saturated heterocycles. The lowest BCUT2D eigenvalue weighted by Crippen LogP contribution is -2.27. The molecule has 1 aromatic carbocycles. The van der Waals surface area contributed by atoms with Gasteiger partial charge in [-0.1, -0.05) is 17.7 Å². The Hall–Kier alpha value is -2.40. The number of rotatable bonds is 3. The van der Waals surface area contributed by atoms with Crippen molar-refractivity contribution in [3.05, 3.63) is 53.9 Å². The number of anilines is 2. The fourth-order valence-corrected chi connectivity index (χ4v) is 1.66. The Kier molecular flexibility index (Phi) is 3.77. The first-order valence-corrected chi connectivity index (χ1v) is 5.89. The van der Waals surface area contributed by atoms with E-state index in [1.165, 1.54) is 6.20 Å². The summed E-state index contributed by atoms with van der Waals surface area (Å²) in [4.78, 5) is 17.9. The number of hydrazine groups is 1. The SMILES string of the molecule is Cc1ccc(N(C)C(=O)c2ccc(NN)cn2)cc1. The van der Waals surface area contributed by atoms with Crippen LogP contribution in [0.25, 0.3) is 0 Å². The molecule has 0 radical (unpaired) electrons. The Labute approximate surface area is 112 Å². The minimum Gasteiger partial charge on any atom is -0.323 e. The highest BCUT2D eigenvalue weighted by atomic mass is 16.2. The first-order valence-electron chi connectivity index (χ1n) is 5.89. The summed E-state index contributed by atoms with van der Waals surface area (Å²) in [6.07, 6.45) is 1.52. The smallest absolute Gasteiger partial charge is 0.276 e. The van der Waals surface area contributed by atoms with E-state index in [9.17, 15) is 4.79 Å². The number of carbonyl (C=O) groups excluding carboxylic acids is 1. The van der Waals surface area contributed by atoms with Gasteiger partial charge in [-0.2, -0.15) is 0 Å². The van der Waals surface area contributed by atoms with E-state index in [0.717, 1.165) is 11.3 Å². The molecule has 19 heavy (non-hydrogen) atoms. The van der Waals surface area contributed by atoms with E-state index in [2.05, 4.69) is 10.4 Å². The van der Waals surface area contributed by atoms with Crippen LogP contribution >= 0.6 is 0 Å². The van der Waals surface area contributed by atoms with Crippen LogP contribution in [0.15, 0.2) is 42.6 Å². The molecule has 0 fully saturated rings. The number of hydrogen-bond donors (Lipinski definition) is 2. The zero-order valence-corrected chi connectivity index (χ0v) is 10.9. The largest absolute Gasteiger partial charge is 0.323 e. The van der Waals surface area contributed by atoms with Gasteiger partial charge in [0.1, 0.15) is 5.69 Å². The van der Waals surface area contributed by atoms with E-state index in [0.29, 0.717) is 11.4 Å². The molecule has 0 aliphatic rings. The molecule has 1 aromatic heterocycles. The number of pyridine rings is 1. The van der Waals surface area contributed by atoms with Gasteiger partial charge in [0.25, 0.3) is 5.91 Å². The third kappa shape index (κ3) is 2.89. The van der Waals surface area contributed by atoms with Crippen LogP contribution in [0.1, 0.15) is 16.1 Å². The molecule has 5 heteroatoms. The molecule has 5 nitrogen and oxygen atoms in total. The average molecular weight is 256 g/mol. The lowest BCUT2D eigenvalue weighted by molar-refractivity contribution is 0.0988. The van der Waals surface area contributed by atoms with Crippen LogP contribution < -0.4 is 16.2 Å². The second-order valence-corrected chi connectivity index (χ2v) is 4.28. The van der Waals surface area contributed by atoms with E-state index in [1.54, 1.807) is 24.1 Å². The van der Waals surface area contributed by atoms with E-state index >= 15 is 0 Å². The highest BCUT2D eigenvalue weighted by Gasteiger charge is 2.14. The molecule has 0 aliphatic heterocycles. The first kappa shape index (κ1) is 13.0. The summed E-state index contributed by atoms with van der Waals surface area (Å²) in [5, 5.41) is 0. The Morgan fingerprint density at radius 3 is 2.42 bits per heavy atom. The highest BCUT2D eigenvalue weighted by Crippen LogP contribution is 2.16. The molecule has 0 aliphatic carbocycles. The van der Waals surface area contributed by atoms with Crippen LogP contribution in [0.3, 0.4) is 0 Å². The van der Waals surface area contributed by atoms with Crippen LogP contribution in [0.4, 0.5) is 11.4 Å². The Balaban J connectivity index is 2.20. The first-order chi connectivity index (χ1) is 9.11. The van der Waals surface area contributed by atoms with E-state index in [-0.39, 0.29) is 5.91 Å². The minimum atomic E-state index is -0.160. The number of aromatic nitrogens is 1. The molecular weight excluding hydrogens is 240 g/mol. The summed E-state index contributed by atoms with van der Waals surface area (Å²) in [6, 6.07) is 11.1. The number of nitrogen functional groups attached to an aromatic ring is 1. The Bertz CT molecular complexity index is 563. The Morgan fingerprint density at radius 1 is 1.21 bits per heavy atom. The summed E-state index contributed by atoms with van der Waals surface area (Å²) in [5.74, 6) is 5.10. The van der Waals surface area contributed by atoms with Gasteiger partial charge in [-0.15, -0.1) is 0 Å². The van der Waals surface area contributed by atoms with Gasteiger partial charge in [-0.3, -0.25) is 10.6 Å². The molecular formula is C14H16N4O. The van der Waals surface area contributed by atoms with Gasteiger partial charge in [-0.25, -0.2) is 4.98 Å². The van der Waals surface area contributed by atoms with Gasteiger partial charge < -0.3 is 10.3 Å². The summed E-state index contributed by atoms with van der Waals surface area (Å²) < 4.78 is 0. The van der Waals surface area contributed by atoms with Gasteiger partial charge in [0.2, 0.25) is 0 Å². The van der Waals surface area contributed by atoms with Crippen molar-refractivity contribution in [3.8, 4) is 0 Å². The lowest BCUT2D eigenvalue weighted by atomic mass is 10.2. The van der Waals surface area contributed by atoms with Gasteiger partial charge in [0, 0.05) is 12.7 Å². The van der Waals surface area contributed by atoms with Crippen molar-refractivity contribution in [2.75, 3.05) is 17.4 Å². The van der Waals surface area contributed by atoms with Crippen LogP contribution in [-0.2, 0) is 0 Å². The van der Waals surface area contributed by atoms with Crippen molar-refractivity contribution >= 4 is 17.3 Å². The molecule has 0 unspecified atom stereocenters.